The molecule has 2 rings (SSSR count). The van der Waals surface area contributed by atoms with Crippen LogP contribution in [0.3, 0.4) is 0 Å². The maximum atomic E-state index is 13.1. The molecule has 1 unspecified atom stereocenters. The first-order chi connectivity index (χ1) is 12.9. The summed E-state index contributed by atoms with van der Waals surface area (Å²) in [6.07, 6.45) is -6.75. The molecule has 0 spiro atoms. The van der Waals surface area contributed by atoms with E-state index in [4.69, 9.17) is 10.5 Å². The normalized spacial score (nSPS) is 13.4. The molecule has 0 aliphatic heterocycles. The van der Waals surface area contributed by atoms with E-state index in [1.807, 2.05) is 6.26 Å². The topological polar surface area (TPSA) is 61.0 Å². The lowest BCUT2D eigenvalue weighted by Gasteiger charge is -2.19. The first-order valence-electron chi connectivity index (χ1n) is 7.97. The second-order valence-corrected chi connectivity index (χ2v) is 6.87. The number of nitrogens with zero attached hydrogens (tertiary/aromatic N) is 2. The Balaban J connectivity index is 2.54. The Morgan fingerprint density at radius 2 is 1.64 bits per heavy atom. The van der Waals surface area contributed by atoms with Crippen molar-refractivity contribution in [2.75, 3.05) is 24.3 Å². The van der Waals surface area contributed by atoms with Crippen LogP contribution in [0.25, 0.3) is 0 Å². The van der Waals surface area contributed by atoms with Crippen LogP contribution >= 0.6 is 11.8 Å². The van der Waals surface area contributed by atoms with Gasteiger partial charge in [-0.25, -0.2) is 9.97 Å². The maximum absolute atomic E-state index is 13.1. The van der Waals surface area contributed by atoms with Crippen molar-refractivity contribution >= 4 is 17.7 Å². The predicted octanol–water partition coefficient (Wildman–Crippen LogP) is 4.99. The number of hydrogen-bond donors (Lipinski definition) is 1. The van der Waals surface area contributed by atoms with Crippen LogP contribution < -0.4 is 10.5 Å². The highest BCUT2D eigenvalue weighted by Gasteiger charge is 2.37. The summed E-state index contributed by atoms with van der Waals surface area (Å²) >= 11 is 1.50. The molecule has 0 radical (unpaired) electrons. The third-order valence-corrected chi connectivity index (χ3v) is 4.44. The zero-order valence-electron chi connectivity index (χ0n) is 14.9. The van der Waals surface area contributed by atoms with Gasteiger partial charge in [-0.3, -0.25) is 0 Å². The number of aromatic nitrogens is 2. The average Bonchev–Trinajstić information content (AvgIpc) is 2.60. The van der Waals surface area contributed by atoms with Gasteiger partial charge < -0.3 is 10.5 Å². The van der Waals surface area contributed by atoms with Gasteiger partial charge >= 0.3 is 12.4 Å². The Morgan fingerprint density at radius 1 is 1.07 bits per heavy atom. The quantitative estimate of drug-likeness (QED) is 0.522. The molecule has 1 heterocycles. The van der Waals surface area contributed by atoms with Crippen LogP contribution in [-0.4, -0.2) is 28.6 Å². The molecule has 0 saturated heterocycles. The Morgan fingerprint density at radius 3 is 2.14 bits per heavy atom. The fraction of sp³-hybridized carbons (Fsp3) is 0.412. The number of halogens is 6. The summed E-state index contributed by atoms with van der Waals surface area (Å²) in [5.41, 5.74) is 2.67. The molecule has 0 bridgehead atoms. The minimum atomic E-state index is -4.93. The van der Waals surface area contributed by atoms with Crippen LogP contribution in [0.15, 0.2) is 24.4 Å². The van der Waals surface area contributed by atoms with E-state index < -0.39 is 29.4 Å². The number of hydrogen-bond acceptors (Lipinski definition) is 5. The van der Waals surface area contributed by atoms with Gasteiger partial charge in [-0.15, -0.1) is 0 Å². The number of nitrogen functional groups attached to an aromatic ring is 1. The largest absolute Gasteiger partial charge is 0.489 e. The predicted molar refractivity (Wildman–Crippen MR) is 94.3 cm³/mol. The molecule has 2 aromatic rings. The van der Waals surface area contributed by atoms with Crippen LogP contribution in [0.4, 0.5) is 32.3 Å². The highest BCUT2D eigenvalue weighted by molar-refractivity contribution is 7.98. The summed E-state index contributed by atoms with van der Waals surface area (Å²) in [7, 11) is 0. The molecule has 11 heteroatoms. The van der Waals surface area contributed by atoms with Crippen molar-refractivity contribution in [3.05, 3.63) is 46.8 Å². The van der Waals surface area contributed by atoms with E-state index in [1.54, 1.807) is 0 Å². The lowest BCUT2D eigenvalue weighted by Crippen LogP contribution is -2.14. The Bertz CT molecular complexity index is 793. The molecule has 0 aliphatic carbocycles. The summed E-state index contributed by atoms with van der Waals surface area (Å²) in [6, 6.07) is 1.42. The van der Waals surface area contributed by atoms with E-state index in [0.29, 0.717) is 17.9 Å². The highest BCUT2D eigenvalue weighted by atomic mass is 32.2. The van der Waals surface area contributed by atoms with Crippen molar-refractivity contribution in [3.8, 4) is 5.75 Å². The summed E-state index contributed by atoms with van der Waals surface area (Å²) in [4.78, 5) is 7.77. The molecule has 28 heavy (non-hydrogen) atoms. The van der Waals surface area contributed by atoms with Crippen LogP contribution in [-0.2, 0) is 12.4 Å². The van der Waals surface area contributed by atoms with Crippen molar-refractivity contribution in [1.82, 2.24) is 9.97 Å². The van der Waals surface area contributed by atoms with Crippen molar-refractivity contribution in [3.63, 3.8) is 0 Å². The molecule has 2 N–H and O–H groups in total. The smallest absolute Gasteiger partial charge is 0.416 e. The van der Waals surface area contributed by atoms with Crippen LogP contribution in [0.2, 0.25) is 0 Å². The van der Waals surface area contributed by atoms with Gasteiger partial charge in [0.05, 0.1) is 29.6 Å². The summed E-state index contributed by atoms with van der Waals surface area (Å²) < 4.78 is 84.2. The Hall–Kier alpha value is -2.17. The lowest BCUT2D eigenvalue weighted by molar-refractivity contribution is -0.143. The molecule has 154 valence electrons. The summed E-state index contributed by atoms with van der Waals surface area (Å²) in [5, 5.41) is 0. The number of rotatable bonds is 6. The van der Waals surface area contributed by atoms with E-state index in [1.165, 1.54) is 24.9 Å². The lowest BCUT2D eigenvalue weighted by atomic mass is 9.93. The van der Waals surface area contributed by atoms with E-state index in [9.17, 15) is 26.3 Å². The number of ether oxygens (including phenoxy) is 1. The third kappa shape index (κ3) is 5.43. The fourth-order valence-corrected chi connectivity index (χ4v) is 2.69. The Kier molecular flexibility index (Phi) is 6.68. The van der Waals surface area contributed by atoms with Gasteiger partial charge in [0, 0.05) is 11.7 Å². The van der Waals surface area contributed by atoms with Gasteiger partial charge in [0.2, 0.25) is 5.95 Å². The minimum Gasteiger partial charge on any atom is -0.489 e. The average molecular weight is 425 g/mol. The number of benzene rings is 1. The van der Waals surface area contributed by atoms with Crippen molar-refractivity contribution in [2.24, 2.45) is 0 Å². The first-order valence-corrected chi connectivity index (χ1v) is 9.36. The standard InChI is InChI=1S/C17H17F6N3OS/c1-9(14-13(27-3-4-28-2)8-25-15(24)26-14)10-5-11(16(18,19)20)7-12(6-10)17(21,22)23/h5-9H,3-4H2,1-2H3,(H2,24,25,26). The monoisotopic (exact) mass is 425 g/mol. The summed E-state index contributed by atoms with van der Waals surface area (Å²) in [5.74, 6) is -0.332. The van der Waals surface area contributed by atoms with Gasteiger partial charge in [0.1, 0.15) is 0 Å². The second kappa shape index (κ2) is 8.46. The van der Waals surface area contributed by atoms with Crippen molar-refractivity contribution < 1.29 is 31.1 Å². The van der Waals surface area contributed by atoms with E-state index >= 15 is 0 Å². The second-order valence-electron chi connectivity index (χ2n) is 5.88. The highest BCUT2D eigenvalue weighted by Crippen LogP contribution is 2.39. The molecule has 0 saturated carbocycles. The zero-order valence-corrected chi connectivity index (χ0v) is 15.7. The molecule has 0 fully saturated rings. The minimum absolute atomic E-state index is 0.0838. The van der Waals surface area contributed by atoms with Gasteiger partial charge in [0.25, 0.3) is 0 Å². The third-order valence-electron chi connectivity index (χ3n) is 3.87. The molecule has 1 atom stereocenters. The molecule has 0 amide bonds. The van der Waals surface area contributed by atoms with Gasteiger partial charge in [-0.05, 0) is 30.0 Å². The van der Waals surface area contributed by atoms with E-state index in [2.05, 4.69) is 9.97 Å². The fourth-order valence-electron chi connectivity index (χ4n) is 2.44. The zero-order chi connectivity index (χ0) is 21.1. The van der Waals surface area contributed by atoms with Crippen molar-refractivity contribution in [1.29, 1.82) is 0 Å². The molecule has 0 aliphatic rings. The molecule has 1 aromatic carbocycles. The molecule has 4 nitrogen and oxygen atoms in total. The number of anilines is 1. The molecular formula is C17H17F6N3OS. The van der Waals surface area contributed by atoms with Gasteiger partial charge in [-0.2, -0.15) is 38.1 Å². The maximum Gasteiger partial charge on any atom is 0.416 e. The molecule has 1 aromatic heterocycles. The Labute approximate surface area is 161 Å². The van der Waals surface area contributed by atoms with Crippen LogP contribution in [0.1, 0.15) is 35.2 Å². The number of alkyl halides is 6. The van der Waals surface area contributed by atoms with Gasteiger partial charge in [-0.1, -0.05) is 6.92 Å². The first kappa shape index (κ1) is 22.1. The SMILES string of the molecule is CSCCOc1cnc(N)nc1C(C)c1cc(C(F)(F)F)cc(C(F)(F)F)c1. The van der Waals surface area contributed by atoms with Crippen LogP contribution in [0, 0.1) is 0 Å². The van der Waals surface area contributed by atoms with Crippen LogP contribution in [0.5, 0.6) is 5.75 Å². The van der Waals surface area contributed by atoms with E-state index in [-0.39, 0.29) is 35.6 Å². The van der Waals surface area contributed by atoms with Gasteiger partial charge in [0.15, 0.2) is 5.75 Å². The van der Waals surface area contributed by atoms with Crippen molar-refractivity contribution in [2.45, 2.75) is 25.2 Å². The number of nitrogens with two attached hydrogens (primary N) is 1. The number of thioether (sulfide) groups is 1. The summed E-state index contributed by atoms with van der Waals surface area (Å²) in [6.45, 7) is 1.70. The van der Waals surface area contributed by atoms with E-state index in [0.717, 1.165) is 0 Å². The molecular weight excluding hydrogens is 408 g/mol.